The zero-order valence-electron chi connectivity index (χ0n) is 14.1. The molecule has 140 valence electrons. The van der Waals surface area contributed by atoms with Gasteiger partial charge in [-0.1, -0.05) is 15.9 Å². The first-order chi connectivity index (χ1) is 12.3. The standard InChI is InChI=1S/C16H18BrN3O5S/c1-3-24-15(23)7-6-13(21)18-16(26)20-19-14(22)9-25-11-4-5-12(17)10(2)8-11/h4-8H,3,9H2,1-2H3,(H,19,22)(H2,18,20,21,26)/b7-6+. The topological polar surface area (TPSA) is 106 Å². The van der Waals surface area contributed by atoms with Crippen LogP contribution in [0.5, 0.6) is 5.75 Å². The summed E-state index contributed by atoms with van der Waals surface area (Å²) in [6, 6.07) is 5.32. The average Bonchev–Trinajstić information content (AvgIpc) is 2.59. The van der Waals surface area contributed by atoms with Gasteiger partial charge in [0.1, 0.15) is 5.75 Å². The summed E-state index contributed by atoms with van der Waals surface area (Å²) >= 11 is 8.21. The third kappa shape index (κ3) is 8.58. The minimum atomic E-state index is -0.647. The molecule has 0 heterocycles. The van der Waals surface area contributed by atoms with Crippen molar-refractivity contribution in [1.29, 1.82) is 0 Å². The Morgan fingerprint density at radius 3 is 2.62 bits per heavy atom. The highest BCUT2D eigenvalue weighted by atomic mass is 79.9. The number of hydrogen-bond acceptors (Lipinski definition) is 6. The van der Waals surface area contributed by atoms with Gasteiger partial charge in [-0.15, -0.1) is 0 Å². The smallest absolute Gasteiger partial charge is 0.330 e. The number of hydrogen-bond donors (Lipinski definition) is 3. The number of hydrazine groups is 1. The van der Waals surface area contributed by atoms with Gasteiger partial charge >= 0.3 is 5.97 Å². The molecule has 1 rings (SSSR count). The molecule has 0 fully saturated rings. The van der Waals surface area contributed by atoms with Crippen molar-refractivity contribution in [1.82, 2.24) is 16.2 Å². The molecule has 0 spiro atoms. The molecule has 26 heavy (non-hydrogen) atoms. The second-order valence-electron chi connectivity index (χ2n) is 4.78. The Bertz CT molecular complexity index is 724. The quantitative estimate of drug-likeness (QED) is 0.263. The number of carbonyl (C=O) groups excluding carboxylic acids is 3. The predicted octanol–water partition coefficient (Wildman–Crippen LogP) is 1.28. The van der Waals surface area contributed by atoms with E-state index < -0.39 is 17.8 Å². The number of rotatable bonds is 6. The minimum absolute atomic E-state index is 0.142. The van der Waals surface area contributed by atoms with Gasteiger partial charge in [-0.2, -0.15) is 0 Å². The molecule has 2 amide bonds. The third-order valence-electron chi connectivity index (χ3n) is 2.71. The lowest BCUT2D eigenvalue weighted by Gasteiger charge is -2.11. The number of halogens is 1. The van der Waals surface area contributed by atoms with Crippen LogP contribution in [-0.2, 0) is 19.1 Å². The summed E-state index contributed by atoms with van der Waals surface area (Å²) in [6.45, 7) is 3.51. The van der Waals surface area contributed by atoms with Crippen LogP contribution in [0.1, 0.15) is 12.5 Å². The van der Waals surface area contributed by atoms with Gasteiger partial charge in [0.05, 0.1) is 6.61 Å². The van der Waals surface area contributed by atoms with Gasteiger partial charge in [0, 0.05) is 16.6 Å². The van der Waals surface area contributed by atoms with Crippen LogP contribution >= 0.6 is 28.1 Å². The third-order valence-corrected chi connectivity index (χ3v) is 3.80. The van der Waals surface area contributed by atoms with Crippen LogP contribution < -0.4 is 20.9 Å². The van der Waals surface area contributed by atoms with Gasteiger partial charge in [-0.05, 0) is 49.8 Å². The SMILES string of the molecule is CCOC(=O)/C=C/C(=O)NC(=S)NNC(=O)COc1ccc(Br)c(C)c1. The van der Waals surface area contributed by atoms with Crippen LogP contribution in [0.4, 0.5) is 0 Å². The molecule has 0 atom stereocenters. The maximum Gasteiger partial charge on any atom is 0.330 e. The van der Waals surface area contributed by atoms with Crippen LogP contribution in [0.2, 0.25) is 0 Å². The molecule has 0 aliphatic heterocycles. The highest BCUT2D eigenvalue weighted by Gasteiger charge is 2.06. The maximum atomic E-state index is 11.7. The highest BCUT2D eigenvalue weighted by Crippen LogP contribution is 2.21. The van der Waals surface area contributed by atoms with Crippen molar-refractivity contribution in [3.05, 3.63) is 40.4 Å². The number of thiocarbonyl (C=S) groups is 1. The van der Waals surface area contributed by atoms with Crippen molar-refractivity contribution in [3.8, 4) is 5.75 Å². The number of esters is 1. The van der Waals surface area contributed by atoms with Gasteiger partial charge in [-0.25, -0.2) is 4.79 Å². The first kappa shape index (κ1) is 21.6. The van der Waals surface area contributed by atoms with E-state index in [1.807, 2.05) is 13.0 Å². The van der Waals surface area contributed by atoms with Gasteiger partial charge in [0.25, 0.3) is 5.91 Å². The van der Waals surface area contributed by atoms with E-state index in [9.17, 15) is 14.4 Å². The Morgan fingerprint density at radius 2 is 1.96 bits per heavy atom. The van der Waals surface area contributed by atoms with Crippen LogP contribution in [-0.4, -0.2) is 36.1 Å². The molecule has 10 heteroatoms. The molecule has 0 radical (unpaired) electrons. The average molecular weight is 444 g/mol. The molecule has 1 aromatic carbocycles. The van der Waals surface area contributed by atoms with E-state index in [4.69, 9.17) is 17.0 Å². The number of carbonyl (C=O) groups is 3. The van der Waals surface area contributed by atoms with E-state index in [0.29, 0.717) is 5.75 Å². The molecular formula is C16H18BrN3O5S. The largest absolute Gasteiger partial charge is 0.484 e. The second-order valence-corrected chi connectivity index (χ2v) is 6.04. The zero-order valence-corrected chi connectivity index (χ0v) is 16.5. The Hall–Kier alpha value is -2.46. The molecule has 0 bridgehead atoms. The summed E-state index contributed by atoms with van der Waals surface area (Å²) in [5.41, 5.74) is 5.59. The van der Waals surface area contributed by atoms with Gasteiger partial charge in [0.2, 0.25) is 5.91 Å². The second kappa shape index (κ2) is 11.2. The van der Waals surface area contributed by atoms with E-state index in [2.05, 4.69) is 36.8 Å². The van der Waals surface area contributed by atoms with E-state index in [-0.39, 0.29) is 18.3 Å². The maximum absolute atomic E-state index is 11.7. The molecule has 0 aliphatic rings. The predicted molar refractivity (Wildman–Crippen MR) is 102 cm³/mol. The molecule has 1 aromatic rings. The normalized spacial score (nSPS) is 10.1. The fourth-order valence-electron chi connectivity index (χ4n) is 1.54. The minimum Gasteiger partial charge on any atom is -0.484 e. The molecular weight excluding hydrogens is 426 g/mol. The Balaban J connectivity index is 2.30. The van der Waals surface area contributed by atoms with E-state index in [0.717, 1.165) is 22.2 Å². The number of benzene rings is 1. The fraction of sp³-hybridized carbons (Fsp3) is 0.250. The van der Waals surface area contributed by atoms with Crippen LogP contribution in [0, 0.1) is 6.92 Å². The molecule has 0 saturated heterocycles. The molecule has 0 aliphatic carbocycles. The molecule has 8 nitrogen and oxygen atoms in total. The van der Waals surface area contributed by atoms with Crippen molar-refractivity contribution >= 4 is 51.0 Å². The van der Waals surface area contributed by atoms with Crippen molar-refractivity contribution in [2.75, 3.05) is 13.2 Å². The molecule has 0 aromatic heterocycles. The van der Waals surface area contributed by atoms with E-state index in [1.54, 1.807) is 19.1 Å². The molecule has 0 saturated carbocycles. The first-order valence-electron chi connectivity index (χ1n) is 7.45. The molecule has 3 N–H and O–H groups in total. The van der Waals surface area contributed by atoms with E-state index in [1.165, 1.54) is 0 Å². The number of amides is 2. The zero-order chi connectivity index (χ0) is 19.5. The number of aryl methyl sites for hydroxylation is 1. The first-order valence-corrected chi connectivity index (χ1v) is 8.65. The summed E-state index contributed by atoms with van der Waals surface area (Å²) in [5.74, 6) is -1.24. The highest BCUT2D eigenvalue weighted by molar-refractivity contribution is 9.10. The summed E-state index contributed by atoms with van der Waals surface area (Å²) in [5, 5.41) is 2.10. The number of nitrogens with one attached hydrogen (secondary N) is 3. The monoisotopic (exact) mass is 443 g/mol. The Morgan fingerprint density at radius 1 is 1.23 bits per heavy atom. The molecule has 0 unspecified atom stereocenters. The Kier molecular flexibility index (Phi) is 9.31. The van der Waals surface area contributed by atoms with E-state index >= 15 is 0 Å². The van der Waals surface area contributed by atoms with Crippen molar-refractivity contribution in [2.24, 2.45) is 0 Å². The summed E-state index contributed by atoms with van der Waals surface area (Å²) in [7, 11) is 0. The van der Waals surface area contributed by atoms with Gasteiger partial charge < -0.3 is 9.47 Å². The van der Waals surface area contributed by atoms with Crippen molar-refractivity contribution < 1.29 is 23.9 Å². The van der Waals surface area contributed by atoms with Crippen LogP contribution in [0.15, 0.2) is 34.8 Å². The van der Waals surface area contributed by atoms with Gasteiger partial charge in [-0.3, -0.25) is 25.8 Å². The van der Waals surface area contributed by atoms with Crippen LogP contribution in [0.25, 0.3) is 0 Å². The van der Waals surface area contributed by atoms with Crippen LogP contribution in [0.3, 0.4) is 0 Å². The lowest BCUT2D eigenvalue weighted by molar-refractivity contribution is -0.137. The van der Waals surface area contributed by atoms with Gasteiger partial charge in [0.15, 0.2) is 11.7 Å². The summed E-state index contributed by atoms with van der Waals surface area (Å²) in [4.78, 5) is 34.3. The lowest BCUT2D eigenvalue weighted by atomic mass is 10.2. The van der Waals surface area contributed by atoms with Crippen molar-refractivity contribution in [2.45, 2.75) is 13.8 Å². The summed E-state index contributed by atoms with van der Waals surface area (Å²) in [6.07, 6.45) is 1.93. The van der Waals surface area contributed by atoms with Crippen molar-refractivity contribution in [3.63, 3.8) is 0 Å². The number of ether oxygens (including phenoxy) is 2. The fourth-order valence-corrected chi connectivity index (χ4v) is 1.94. The lowest BCUT2D eigenvalue weighted by Crippen LogP contribution is -2.49. The summed E-state index contributed by atoms with van der Waals surface area (Å²) < 4.78 is 10.9. The Labute approximate surface area is 164 Å².